The van der Waals surface area contributed by atoms with Crippen LogP contribution < -0.4 is 0 Å². The van der Waals surface area contributed by atoms with Gasteiger partial charge in [-0.25, -0.2) is 9.50 Å². The van der Waals surface area contributed by atoms with Gasteiger partial charge < -0.3 is 0 Å². The zero-order valence-corrected chi connectivity index (χ0v) is 10.8. The fraction of sp³-hybridized carbons (Fsp3) is 0.0769. The Morgan fingerprint density at radius 3 is 2.71 bits per heavy atom. The van der Waals surface area contributed by atoms with E-state index < -0.39 is 0 Å². The maximum Gasteiger partial charge on any atom is 0.182 e. The Balaban J connectivity index is 2.22. The smallest absolute Gasteiger partial charge is 0.182 e. The van der Waals surface area contributed by atoms with Gasteiger partial charge in [0.25, 0.3) is 0 Å². The number of fused-ring (bicyclic) bond motifs is 1. The van der Waals surface area contributed by atoms with Gasteiger partial charge in [-0.3, -0.25) is 0 Å². The van der Waals surface area contributed by atoms with Crippen LogP contribution in [0.5, 0.6) is 0 Å². The number of pyridine rings is 1. The molecule has 0 fully saturated rings. The van der Waals surface area contributed by atoms with Crippen molar-refractivity contribution in [1.82, 2.24) is 14.6 Å². The highest BCUT2D eigenvalue weighted by Crippen LogP contribution is 2.20. The molecule has 4 heteroatoms. The lowest BCUT2D eigenvalue weighted by Crippen LogP contribution is -1.91. The summed E-state index contributed by atoms with van der Waals surface area (Å²) in [5.41, 5.74) is 2.97. The van der Waals surface area contributed by atoms with Crippen molar-refractivity contribution in [3.05, 3.63) is 52.6 Å². The van der Waals surface area contributed by atoms with Crippen LogP contribution in [0.1, 0.15) is 5.69 Å². The van der Waals surface area contributed by atoms with Gasteiger partial charge in [-0.1, -0.05) is 34.1 Å². The van der Waals surface area contributed by atoms with Gasteiger partial charge in [0, 0.05) is 15.7 Å². The molecule has 2 heterocycles. The summed E-state index contributed by atoms with van der Waals surface area (Å²) in [6.45, 7) is 2.02. The third kappa shape index (κ3) is 1.85. The fourth-order valence-electron chi connectivity index (χ4n) is 1.79. The molecule has 17 heavy (non-hydrogen) atoms. The van der Waals surface area contributed by atoms with E-state index in [0.29, 0.717) is 0 Å². The van der Waals surface area contributed by atoms with Crippen LogP contribution in [0.2, 0.25) is 0 Å². The average molecular weight is 288 g/mol. The number of nitrogens with zero attached hydrogens (tertiary/aromatic N) is 3. The lowest BCUT2D eigenvalue weighted by molar-refractivity contribution is 0.918. The highest BCUT2D eigenvalue weighted by molar-refractivity contribution is 9.10. The van der Waals surface area contributed by atoms with Crippen LogP contribution in [0.3, 0.4) is 0 Å². The zero-order chi connectivity index (χ0) is 11.8. The average Bonchev–Trinajstić information content (AvgIpc) is 2.74. The summed E-state index contributed by atoms with van der Waals surface area (Å²) < 4.78 is 2.89. The predicted octanol–water partition coefficient (Wildman–Crippen LogP) is 3.47. The van der Waals surface area contributed by atoms with Crippen molar-refractivity contribution in [2.75, 3.05) is 0 Å². The van der Waals surface area contributed by atoms with Crippen molar-refractivity contribution in [3.63, 3.8) is 0 Å². The summed E-state index contributed by atoms with van der Waals surface area (Å²) in [6, 6.07) is 14.0. The summed E-state index contributed by atoms with van der Waals surface area (Å²) in [5.74, 6) is 0.751. The highest BCUT2D eigenvalue weighted by atomic mass is 79.9. The van der Waals surface area contributed by atoms with Gasteiger partial charge in [0.05, 0.1) is 0 Å². The van der Waals surface area contributed by atoms with E-state index in [0.717, 1.165) is 27.2 Å². The van der Waals surface area contributed by atoms with Gasteiger partial charge in [-0.2, -0.15) is 0 Å². The highest BCUT2D eigenvalue weighted by Gasteiger charge is 2.07. The van der Waals surface area contributed by atoms with Crippen LogP contribution in [-0.4, -0.2) is 14.6 Å². The van der Waals surface area contributed by atoms with Gasteiger partial charge in [0.1, 0.15) is 0 Å². The van der Waals surface area contributed by atoms with Gasteiger partial charge >= 0.3 is 0 Å². The summed E-state index contributed by atoms with van der Waals surface area (Å²) >= 11 is 3.46. The molecule has 0 unspecified atom stereocenters. The molecule has 0 aliphatic rings. The molecule has 0 aliphatic heterocycles. The maximum absolute atomic E-state index is 4.52. The number of aryl methyl sites for hydroxylation is 1. The van der Waals surface area contributed by atoms with E-state index in [1.165, 1.54) is 0 Å². The fourth-order valence-corrected chi connectivity index (χ4v) is 2.18. The van der Waals surface area contributed by atoms with Gasteiger partial charge in [-0.15, -0.1) is 5.10 Å². The van der Waals surface area contributed by atoms with Crippen LogP contribution in [0.15, 0.2) is 46.9 Å². The molecule has 0 atom stereocenters. The number of hydrogen-bond donors (Lipinski definition) is 0. The third-order valence-electron chi connectivity index (χ3n) is 2.63. The minimum Gasteiger partial charge on any atom is -0.218 e. The molecule has 0 spiro atoms. The Bertz CT molecular complexity index is 688. The van der Waals surface area contributed by atoms with E-state index in [-0.39, 0.29) is 0 Å². The normalized spacial score (nSPS) is 10.9. The predicted molar refractivity (Wildman–Crippen MR) is 70.9 cm³/mol. The second-order valence-corrected chi connectivity index (χ2v) is 4.80. The van der Waals surface area contributed by atoms with Crippen LogP contribution in [-0.2, 0) is 0 Å². The van der Waals surface area contributed by atoms with Gasteiger partial charge in [0.15, 0.2) is 11.5 Å². The van der Waals surface area contributed by atoms with E-state index in [1.54, 1.807) is 0 Å². The Kier molecular flexibility index (Phi) is 2.44. The second kappa shape index (κ2) is 3.96. The molecule has 3 nitrogen and oxygen atoms in total. The molecular formula is C13H10BrN3. The molecule has 0 amide bonds. The molecular weight excluding hydrogens is 278 g/mol. The van der Waals surface area contributed by atoms with Gasteiger partial charge in [-0.05, 0) is 31.2 Å². The third-order valence-corrected chi connectivity index (χ3v) is 3.13. The number of rotatable bonds is 1. The topological polar surface area (TPSA) is 30.2 Å². The van der Waals surface area contributed by atoms with E-state index in [2.05, 4.69) is 26.0 Å². The maximum atomic E-state index is 4.52. The molecule has 0 bridgehead atoms. The zero-order valence-electron chi connectivity index (χ0n) is 9.26. The first-order valence-corrected chi connectivity index (χ1v) is 6.12. The number of benzene rings is 1. The molecule has 0 saturated heterocycles. The quantitative estimate of drug-likeness (QED) is 0.686. The molecule has 0 aliphatic carbocycles. The van der Waals surface area contributed by atoms with Gasteiger partial charge in [0.2, 0.25) is 0 Å². The second-order valence-electron chi connectivity index (χ2n) is 3.88. The Morgan fingerprint density at radius 2 is 1.94 bits per heavy atom. The Morgan fingerprint density at radius 1 is 1.12 bits per heavy atom. The number of aromatic nitrogens is 3. The van der Waals surface area contributed by atoms with Crippen molar-refractivity contribution < 1.29 is 0 Å². The Labute approximate surface area is 107 Å². The van der Waals surface area contributed by atoms with Crippen molar-refractivity contribution in [1.29, 1.82) is 0 Å². The number of hydrogen-bond acceptors (Lipinski definition) is 2. The molecule has 84 valence electrons. The lowest BCUT2D eigenvalue weighted by Gasteiger charge is -1.95. The van der Waals surface area contributed by atoms with Crippen LogP contribution in [0.4, 0.5) is 0 Å². The van der Waals surface area contributed by atoms with E-state index in [9.17, 15) is 0 Å². The molecule has 2 aromatic heterocycles. The first kappa shape index (κ1) is 10.5. The first-order valence-electron chi connectivity index (χ1n) is 5.32. The van der Waals surface area contributed by atoms with Crippen LogP contribution >= 0.6 is 15.9 Å². The monoisotopic (exact) mass is 287 g/mol. The summed E-state index contributed by atoms with van der Waals surface area (Å²) in [4.78, 5) is 4.52. The van der Waals surface area contributed by atoms with Crippen molar-refractivity contribution in [3.8, 4) is 11.4 Å². The summed E-state index contributed by atoms with van der Waals surface area (Å²) in [7, 11) is 0. The van der Waals surface area contributed by atoms with Crippen LogP contribution in [0.25, 0.3) is 17.0 Å². The molecule has 0 N–H and O–H groups in total. The summed E-state index contributed by atoms with van der Waals surface area (Å²) in [6.07, 6.45) is 0. The van der Waals surface area contributed by atoms with E-state index in [4.69, 9.17) is 0 Å². The molecule has 0 radical (unpaired) electrons. The van der Waals surface area contributed by atoms with Crippen LogP contribution in [0, 0.1) is 6.92 Å². The lowest BCUT2D eigenvalue weighted by atomic mass is 10.2. The Hall–Kier alpha value is -1.68. The largest absolute Gasteiger partial charge is 0.218 e. The minimum atomic E-state index is 0.751. The first-order chi connectivity index (χ1) is 8.24. The SMILES string of the molecule is Cc1cccc2nc(-c3cccc(Br)c3)nn12. The number of halogens is 1. The molecule has 3 rings (SSSR count). The molecule has 1 aromatic carbocycles. The van der Waals surface area contributed by atoms with Crippen molar-refractivity contribution >= 4 is 21.6 Å². The van der Waals surface area contributed by atoms with E-state index in [1.807, 2.05) is 53.9 Å². The summed E-state index contributed by atoms with van der Waals surface area (Å²) in [5, 5.41) is 4.51. The van der Waals surface area contributed by atoms with Crippen molar-refractivity contribution in [2.24, 2.45) is 0 Å². The standard InChI is InChI=1S/C13H10BrN3/c1-9-4-2-7-12-15-13(16-17(9)12)10-5-3-6-11(14)8-10/h2-8H,1H3. The molecule has 0 saturated carbocycles. The minimum absolute atomic E-state index is 0.751. The molecule has 3 aromatic rings. The van der Waals surface area contributed by atoms with Crippen molar-refractivity contribution in [2.45, 2.75) is 6.92 Å². The van der Waals surface area contributed by atoms with E-state index >= 15 is 0 Å².